The molecule has 0 bridgehead atoms. The van der Waals surface area contributed by atoms with E-state index in [1.165, 1.54) is 70.6 Å². The van der Waals surface area contributed by atoms with Gasteiger partial charge in [-0.3, -0.25) is 0 Å². The van der Waals surface area contributed by atoms with Crippen molar-refractivity contribution >= 4 is 0 Å². The van der Waals surface area contributed by atoms with Crippen molar-refractivity contribution in [3.05, 3.63) is 0 Å². The minimum Gasteiger partial charge on any atom is -0.393 e. The molecule has 28 heavy (non-hydrogen) atoms. The van der Waals surface area contributed by atoms with Crippen LogP contribution in [0.5, 0.6) is 0 Å². The molecule has 1 unspecified atom stereocenters. The van der Waals surface area contributed by atoms with Crippen LogP contribution in [0.4, 0.5) is 0 Å². The van der Waals surface area contributed by atoms with Gasteiger partial charge in [0.1, 0.15) is 0 Å². The van der Waals surface area contributed by atoms with Crippen molar-refractivity contribution in [2.75, 3.05) is 0 Å². The third-order valence-electron chi connectivity index (χ3n) is 10.8. The van der Waals surface area contributed by atoms with Crippen molar-refractivity contribution < 1.29 is 5.11 Å². The maximum Gasteiger partial charge on any atom is 0.0577 e. The molecule has 1 heteroatoms. The highest BCUT2D eigenvalue weighted by molar-refractivity contribution is 5.11. The lowest BCUT2D eigenvalue weighted by Crippen LogP contribution is -2.57. The van der Waals surface area contributed by atoms with Crippen molar-refractivity contribution in [3.63, 3.8) is 0 Å². The summed E-state index contributed by atoms with van der Waals surface area (Å²) in [7, 11) is 0. The highest BCUT2D eigenvalue weighted by Crippen LogP contribution is 2.68. The molecule has 0 amide bonds. The second-order valence-electron chi connectivity index (χ2n) is 12.6. The number of aliphatic hydroxyl groups excluding tert-OH is 1. The highest BCUT2D eigenvalue weighted by atomic mass is 16.3. The maximum atomic E-state index is 11.3. The van der Waals surface area contributed by atoms with Crippen LogP contribution in [0.25, 0.3) is 0 Å². The van der Waals surface area contributed by atoms with Gasteiger partial charge in [-0.25, -0.2) is 0 Å². The molecule has 4 aliphatic rings. The van der Waals surface area contributed by atoms with Crippen LogP contribution in [-0.2, 0) is 0 Å². The topological polar surface area (TPSA) is 20.2 Å². The first-order valence-corrected chi connectivity index (χ1v) is 13.0. The molecule has 4 rings (SSSR count). The lowest BCUT2D eigenvalue weighted by atomic mass is 9.44. The van der Waals surface area contributed by atoms with E-state index >= 15 is 0 Å². The summed E-state index contributed by atoms with van der Waals surface area (Å²) in [5.74, 6) is 5.60. The molecule has 0 saturated heterocycles. The van der Waals surface area contributed by atoms with Crippen molar-refractivity contribution in [2.24, 2.45) is 52.3 Å². The van der Waals surface area contributed by atoms with Gasteiger partial charge < -0.3 is 5.11 Å². The van der Waals surface area contributed by atoms with Crippen LogP contribution in [0.2, 0.25) is 0 Å². The van der Waals surface area contributed by atoms with Crippen LogP contribution in [0, 0.1) is 52.3 Å². The van der Waals surface area contributed by atoms with Gasteiger partial charge in [-0.05, 0) is 97.2 Å². The zero-order valence-corrected chi connectivity index (χ0v) is 19.6. The van der Waals surface area contributed by atoms with Crippen LogP contribution in [0.3, 0.4) is 0 Å². The Morgan fingerprint density at radius 1 is 0.857 bits per heavy atom. The van der Waals surface area contributed by atoms with E-state index in [1.807, 2.05) is 0 Å². The second-order valence-corrected chi connectivity index (χ2v) is 12.6. The molecule has 1 nitrogen and oxygen atoms in total. The van der Waals surface area contributed by atoms with Gasteiger partial charge in [0, 0.05) is 0 Å². The predicted octanol–water partition coefficient (Wildman–Crippen LogP) is 7.47. The fourth-order valence-corrected chi connectivity index (χ4v) is 9.28. The van der Waals surface area contributed by atoms with Gasteiger partial charge in [0.15, 0.2) is 0 Å². The van der Waals surface area contributed by atoms with Crippen molar-refractivity contribution in [1.29, 1.82) is 0 Å². The smallest absolute Gasteiger partial charge is 0.0577 e. The predicted molar refractivity (Wildman–Crippen MR) is 119 cm³/mol. The molecule has 0 spiro atoms. The first-order chi connectivity index (χ1) is 13.3. The van der Waals surface area contributed by atoms with E-state index in [2.05, 4.69) is 34.6 Å². The van der Waals surface area contributed by atoms with E-state index in [0.717, 1.165) is 41.9 Å². The number of hydrogen-bond donors (Lipinski definition) is 1. The molecule has 0 aliphatic heterocycles. The van der Waals surface area contributed by atoms with Gasteiger partial charge in [-0.1, -0.05) is 66.7 Å². The minimum atomic E-state index is -0.0132. The molecular formula is C27H48O. The molecule has 0 aromatic rings. The first kappa shape index (κ1) is 21.2. The summed E-state index contributed by atoms with van der Waals surface area (Å²) in [6, 6.07) is 0. The average Bonchev–Trinajstić information content (AvgIpc) is 2.99. The van der Waals surface area contributed by atoms with Gasteiger partial charge in [0.25, 0.3) is 0 Å². The number of fused-ring (bicyclic) bond motifs is 5. The Morgan fingerprint density at radius 2 is 1.61 bits per heavy atom. The van der Waals surface area contributed by atoms with Crippen LogP contribution in [-0.4, -0.2) is 11.2 Å². The van der Waals surface area contributed by atoms with E-state index in [-0.39, 0.29) is 6.10 Å². The Bertz CT molecular complexity index is 540. The third-order valence-corrected chi connectivity index (χ3v) is 10.8. The standard InChI is InChI=1S/C27H48O/c1-18(2)9-8-10-19(3)21-12-13-22-25-23(14-16-27(21,22)5)26(4)15-7-6-11-20(26)17-24(25)28/h18-25,28H,6-17H2,1-5H3/t19-,20?,21-,22+,23+,24-,25+,26+,27-/m1/s1. The monoisotopic (exact) mass is 388 g/mol. The lowest BCUT2D eigenvalue weighted by Gasteiger charge is -2.62. The number of hydrogen-bond acceptors (Lipinski definition) is 1. The van der Waals surface area contributed by atoms with Crippen LogP contribution in [0.1, 0.15) is 112 Å². The number of rotatable bonds is 5. The first-order valence-electron chi connectivity index (χ1n) is 13.0. The zero-order valence-electron chi connectivity index (χ0n) is 19.6. The molecule has 4 saturated carbocycles. The maximum absolute atomic E-state index is 11.3. The summed E-state index contributed by atoms with van der Waals surface area (Å²) in [6.45, 7) is 12.6. The van der Waals surface area contributed by atoms with E-state index in [4.69, 9.17) is 0 Å². The fourth-order valence-electron chi connectivity index (χ4n) is 9.28. The Kier molecular flexibility index (Phi) is 5.98. The van der Waals surface area contributed by atoms with Crippen LogP contribution < -0.4 is 0 Å². The van der Waals surface area contributed by atoms with Crippen molar-refractivity contribution in [2.45, 2.75) is 118 Å². The van der Waals surface area contributed by atoms with Crippen LogP contribution in [0.15, 0.2) is 0 Å². The highest BCUT2D eigenvalue weighted by Gasteiger charge is 2.62. The second kappa shape index (κ2) is 7.90. The summed E-state index contributed by atoms with van der Waals surface area (Å²) in [6.07, 6.45) is 16.6. The fraction of sp³-hybridized carbons (Fsp3) is 1.00. The quantitative estimate of drug-likeness (QED) is 0.518. The molecule has 162 valence electrons. The van der Waals surface area contributed by atoms with E-state index in [9.17, 15) is 5.11 Å². The Morgan fingerprint density at radius 3 is 2.36 bits per heavy atom. The molecule has 4 fully saturated rings. The number of aliphatic hydroxyl groups is 1. The Hall–Kier alpha value is -0.0400. The SMILES string of the molecule is CC(C)CCC[C@@H](C)[C@H]1CC[C@H]2[C@@H]3[C@H](O)CC4CCCC[C@]4(C)[C@H]3CC[C@]12C. The molecule has 1 N–H and O–H groups in total. The average molecular weight is 389 g/mol. The third kappa shape index (κ3) is 3.40. The van der Waals surface area contributed by atoms with E-state index in [0.29, 0.717) is 16.7 Å². The molecule has 0 aromatic carbocycles. The molecule has 0 aromatic heterocycles. The van der Waals surface area contributed by atoms with Gasteiger partial charge in [0.05, 0.1) is 6.10 Å². The summed E-state index contributed by atoms with van der Waals surface area (Å²) in [5, 5.41) is 11.3. The van der Waals surface area contributed by atoms with Crippen LogP contribution >= 0.6 is 0 Å². The van der Waals surface area contributed by atoms with Gasteiger partial charge >= 0.3 is 0 Å². The molecule has 4 aliphatic carbocycles. The Labute approximate surface area is 175 Å². The minimum absolute atomic E-state index is 0.0132. The molecule has 9 atom stereocenters. The summed E-state index contributed by atoms with van der Waals surface area (Å²) in [4.78, 5) is 0. The molecule has 0 heterocycles. The van der Waals surface area contributed by atoms with Crippen molar-refractivity contribution in [1.82, 2.24) is 0 Å². The van der Waals surface area contributed by atoms with E-state index in [1.54, 1.807) is 0 Å². The zero-order chi connectivity index (χ0) is 20.1. The van der Waals surface area contributed by atoms with Gasteiger partial charge in [-0.15, -0.1) is 0 Å². The summed E-state index contributed by atoms with van der Waals surface area (Å²) < 4.78 is 0. The summed E-state index contributed by atoms with van der Waals surface area (Å²) >= 11 is 0. The largest absolute Gasteiger partial charge is 0.393 e. The van der Waals surface area contributed by atoms with Gasteiger partial charge in [-0.2, -0.15) is 0 Å². The summed E-state index contributed by atoms with van der Waals surface area (Å²) in [5.41, 5.74) is 1.03. The molecular weight excluding hydrogens is 340 g/mol. The normalized spacial score (nSPS) is 49.4. The lowest BCUT2D eigenvalue weighted by molar-refractivity contribution is -0.164. The van der Waals surface area contributed by atoms with E-state index < -0.39 is 0 Å². The van der Waals surface area contributed by atoms with Crippen molar-refractivity contribution in [3.8, 4) is 0 Å². The van der Waals surface area contributed by atoms with Gasteiger partial charge in [0.2, 0.25) is 0 Å². The molecule has 0 radical (unpaired) electrons. The Balaban J connectivity index is 1.50.